The van der Waals surface area contributed by atoms with Crippen LogP contribution in [0.2, 0.25) is 0 Å². The third-order valence-electron chi connectivity index (χ3n) is 3.78. The van der Waals surface area contributed by atoms with Crippen molar-refractivity contribution in [3.8, 4) is 0 Å². The Morgan fingerprint density at radius 1 is 0.950 bits per heavy atom. The van der Waals surface area contributed by atoms with Crippen molar-refractivity contribution in [1.29, 1.82) is 0 Å². The minimum absolute atomic E-state index is 0.186. The van der Waals surface area contributed by atoms with Gasteiger partial charge in [0.25, 0.3) is 0 Å². The highest BCUT2D eigenvalue weighted by atomic mass is 16.5. The van der Waals surface area contributed by atoms with Crippen molar-refractivity contribution >= 4 is 11.8 Å². The number of ether oxygens (including phenoxy) is 1. The SMILES string of the molecule is CCCCC1OC(c2ccccc2)=Cc2ccccc21. The van der Waals surface area contributed by atoms with Crippen molar-refractivity contribution in [2.75, 3.05) is 0 Å². The second-order valence-corrected chi connectivity index (χ2v) is 5.25. The molecule has 0 spiro atoms. The number of unbranched alkanes of at least 4 members (excludes halogenated alkanes) is 1. The van der Waals surface area contributed by atoms with Crippen molar-refractivity contribution < 1.29 is 4.74 Å². The lowest BCUT2D eigenvalue weighted by Crippen LogP contribution is -2.10. The summed E-state index contributed by atoms with van der Waals surface area (Å²) in [5.41, 5.74) is 3.77. The summed E-state index contributed by atoms with van der Waals surface area (Å²) in [5.74, 6) is 0.991. The van der Waals surface area contributed by atoms with Crippen LogP contribution < -0.4 is 0 Å². The summed E-state index contributed by atoms with van der Waals surface area (Å²) in [4.78, 5) is 0. The van der Waals surface area contributed by atoms with Gasteiger partial charge < -0.3 is 4.74 Å². The zero-order valence-electron chi connectivity index (χ0n) is 11.9. The molecule has 1 heteroatoms. The van der Waals surface area contributed by atoms with Gasteiger partial charge in [0.2, 0.25) is 0 Å². The first-order chi connectivity index (χ1) is 9.88. The van der Waals surface area contributed by atoms with Crippen LogP contribution >= 0.6 is 0 Å². The first-order valence-corrected chi connectivity index (χ1v) is 7.41. The highest BCUT2D eigenvalue weighted by Crippen LogP contribution is 2.37. The van der Waals surface area contributed by atoms with Crippen LogP contribution in [0.4, 0.5) is 0 Å². The number of fused-ring (bicyclic) bond motifs is 1. The third kappa shape index (κ3) is 2.62. The molecular formula is C19H20O. The summed E-state index contributed by atoms with van der Waals surface area (Å²) in [7, 11) is 0. The van der Waals surface area contributed by atoms with E-state index in [1.54, 1.807) is 0 Å². The molecule has 1 aliphatic rings. The fraction of sp³-hybridized carbons (Fsp3) is 0.263. The maximum absolute atomic E-state index is 6.26. The zero-order chi connectivity index (χ0) is 13.8. The molecule has 0 bridgehead atoms. The van der Waals surface area contributed by atoms with Gasteiger partial charge in [-0.2, -0.15) is 0 Å². The Morgan fingerprint density at radius 3 is 2.50 bits per heavy atom. The number of rotatable bonds is 4. The lowest BCUT2D eigenvalue weighted by atomic mass is 9.94. The molecule has 1 heterocycles. The summed E-state index contributed by atoms with van der Waals surface area (Å²) >= 11 is 0. The Kier molecular flexibility index (Phi) is 3.87. The molecule has 1 aliphatic heterocycles. The van der Waals surface area contributed by atoms with Crippen LogP contribution in [0.5, 0.6) is 0 Å². The molecule has 20 heavy (non-hydrogen) atoms. The average molecular weight is 264 g/mol. The van der Waals surface area contributed by atoms with Gasteiger partial charge in [0, 0.05) is 5.56 Å². The van der Waals surface area contributed by atoms with Crippen LogP contribution in [0.3, 0.4) is 0 Å². The van der Waals surface area contributed by atoms with E-state index in [1.165, 1.54) is 24.0 Å². The molecule has 0 aliphatic carbocycles. The lowest BCUT2D eigenvalue weighted by Gasteiger charge is -2.27. The number of hydrogen-bond acceptors (Lipinski definition) is 1. The summed E-state index contributed by atoms with van der Waals surface area (Å²) in [6.07, 6.45) is 5.82. The maximum Gasteiger partial charge on any atom is 0.128 e. The molecule has 0 aromatic heterocycles. The van der Waals surface area contributed by atoms with E-state index in [2.05, 4.69) is 61.5 Å². The molecule has 0 saturated heterocycles. The molecule has 1 unspecified atom stereocenters. The molecule has 1 nitrogen and oxygen atoms in total. The fourth-order valence-corrected chi connectivity index (χ4v) is 2.69. The smallest absolute Gasteiger partial charge is 0.128 e. The van der Waals surface area contributed by atoms with E-state index in [9.17, 15) is 0 Å². The Morgan fingerprint density at radius 2 is 1.70 bits per heavy atom. The summed E-state index contributed by atoms with van der Waals surface area (Å²) in [6.45, 7) is 2.22. The average Bonchev–Trinajstić information content (AvgIpc) is 2.53. The van der Waals surface area contributed by atoms with Gasteiger partial charge in [-0.25, -0.2) is 0 Å². The van der Waals surface area contributed by atoms with Crippen molar-refractivity contribution in [3.63, 3.8) is 0 Å². The molecule has 2 aromatic carbocycles. The predicted octanol–water partition coefficient (Wildman–Crippen LogP) is 5.45. The predicted molar refractivity (Wildman–Crippen MR) is 84.1 cm³/mol. The first-order valence-electron chi connectivity index (χ1n) is 7.41. The second-order valence-electron chi connectivity index (χ2n) is 5.25. The third-order valence-corrected chi connectivity index (χ3v) is 3.78. The van der Waals surface area contributed by atoms with Crippen LogP contribution in [0.15, 0.2) is 54.6 Å². The van der Waals surface area contributed by atoms with E-state index in [4.69, 9.17) is 4.74 Å². The van der Waals surface area contributed by atoms with E-state index in [0.717, 1.165) is 17.7 Å². The minimum atomic E-state index is 0.186. The molecule has 102 valence electrons. The zero-order valence-corrected chi connectivity index (χ0v) is 11.9. The normalized spacial score (nSPS) is 17.1. The fourth-order valence-electron chi connectivity index (χ4n) is 2.69. The molecule has 2 aromatic rings. The van der Waals surface area contributed by atoms with Gasteiger partial charge in [-0.05, 0) is 30.0 Å². The van der Waals surface area contributed by atoms with Crippen LogP contribution in [-0.4, -0.2) is 0 Å². The van der Waals surface area contributed by atoms with E-state index in [0.29, 0.717) is 0 Å². The van der Waals surface area contributed by atoms with E-state index >= 15 is 0 Å². The molecule has 0 fully saturated rings. The van der Waals surface area contributed by atoms with Crippen LogP contribution in [-0.2, 0) is 4.74 Å². The van der Waals surface area contributed by atoms with Crippen molar-refractivity contribution in [3.05, 3.63) is 71.3 Å². The number of hydrogen-bond donors (Lipinski definition) is 0. The minimum Gasteiger partial charge on any atom is -0.485 e. The largest absolute Gasteiger partial charge is 0.485 e. The van der Waals surface area contributed by atoms with Gasteiger partial charge in [0.1, 0.15) is 11.9 Å². The van der Waals surface area contributed by atoms with Gasteiger partial charge in [0.05, 0.1) is 0 Å². The van der Waals surface area contributed by atoms with E-state index < -0.39 is 0 Å². The van der Waals surface area contributed by atoms with E-state index in [-0.39, 0.29) is 6.10 Å². The molecule has 1 atom stereocenters. The summed E-state index contributed by atoms with van der Waals surface area (Å²) < 4.78 is 6.26. The number of benzene rings is 2. The lowest BCUT2D eigenvalue weighted by molar-refractivity contribution is 0.154. The first kappa shape index (κ1) is 13.0. The molecule has 3 rings (SSSR count). The molecular weight excluding hydrogens is 244 g/mol. The van der Waals surface area contributed by atoms with Crippen molar-refractivity contribution in [2.45, 2.75) is 32.3 Å². The molecule has 0 saturated carbocycles. The van der Waals surface area contributed by atoms with Gasteiger partial charge in [0.15, 0.2) is 0 Å². The Hall–Kier alpha value is -2.02. The Bertz CT molecular complexity index is 598. The van der Waals surface area contributed by atoms with Gasteiger partial charge in [-0.15, -0.1) is 0 Å². The van der Waals surface area contributed by atoms with E-state index in [1.807, 2.05) is 6.07 Å². The Balaban J connectivity index is 1.97. The van der Waals surface area contributed by atoms with Crippen LogP contribution in [0, 0.1) is 0 Å². The molecule has 0 amide bonds. The summed E-state index contributed by atoms with van der Waals surface area (Å²) in [5, 5.41) is 0. The van der Waals surface area contributed by atoms with Gasteiger partial charge in [-0.1, -0.05) is 67.9 Å². The van der Waals surface area contributed by atoms with Gasteiger partial charge >= 0.3 is 0 Å². The standard InChI is InChI=1S/C19H20O/c1-2-3-13-18-17-12-8-7-11-16(17)14-19(20-18)15-9-5-4-6-10-15/h4-12,14,18H,2-3,13H2,1H3. The Labute approximate surface area is 120 Å². The topological polar surface area (TPSA) is 9.23 Å². The van der Waals surface area contributed by atoms with Crippen molar-refractivity contribution in [2.24, 2.45) is 0 Å². The molecule has 0 N–H and O–H groups in total. The van der Waals surface area contributed by atoms with Gasteiger partial charge in [-0.3, -0.25) is 0 Å². The second kappa shape index (κ2) is 5.96. The quantitative estimate of drug-likeness (QED) is 0.713. The maximum atomic E-state index is 6.26. The summed E-state index contributed by atoms with van der Waals surface area (Å²) in [6, 6.07) is 18.9. The van der Waals surface area contributed by atoms with Crippen molar-refractivity contribution in [1.82, 2.24) is 0 Å². The highest BCUT2D eigenvalue weighted by Gasteiger charge is 2.22. The highest BCUT2D eigenvalue weighted by molar-refractivity contribution is 5.80. The molecule has 0 radical (unpaired) electrons. The van der Waals surface area contributed by atoms with Crippen LogP contribution in [0.25, 0.3) is 11.8 Å². The van der Waals surface area contributed by atoms with Crippen LogP contribution in [0.1, 0.15) is 49.0 Å². The monoisotopic (exact) mass is 264 g/mol.